The molecule has 0 bridgehead atoms. The molecule has 1 aliphatic rings. The van der Waals surface area contributed by atoms with Crippen LogP contribution in [0.15, 0.2) is 41.8 Å². The Hall–Kier alpha value is -0.770. The molecule has 0 saturated heterocycles. The summed E-state index contributed by atoms with van der Waals surface area (Å²) in [5.74, 6) is 2.33. The zero-order chi connectivity index (χ0) is 12.4. The Morgan fingerprint density at radius 2 is 2.11 bits per heavy atom. The Bertz CT molecular complexity index is 507. The van der Waals surface area contributed by atoms with Crippen LogP contribution >= 0.6 is 23.1 Å². The first kappa shape index (κ1) is 12.3. The molecule has 94 valence electrons. The third-order valence-electron chi connectivity index (χ3n) is 3.39. The highest BCUT2D eigenvalue weighted by Crippen LogP contribution is 2.33. The molecule has 0 amide bonds. The lowest BCUT2D eigenvalue weighted by atomic mass is 10.0. The van der Waals surface area contributed by atoms with Gasteiger partial charge in [0.05, 0.1) is 0 Å². The summed E-state index contributed by atoms with van der Waals surface area (Å²) in [6, 6.07) is 14.1. The molecule has 1 aromatic carbocycles. The second-order valence-corrected chi connectivity index (χ2v) is 6.68. The normalized spacial score (nSPS) is 20.4. The highest BCUT2D eigenvalue weighted by atomic mass is 32.2. The van der Waals surface area contributed by atoms with Crippen LogP contribution in [0.5, 0.6) is 0 Å². The maximum absolute atomic E-state index is 3.77. The SMILES string of the molecule is CC(NC1CSCc2ccccc21)c1cccs1. The van der Waals surface area contributed by atoms with Crippen molar-refractivity contribution in [3.8, 4) is 0 Å². The van der Waals surface area contributed by atoms with Crippen LogP contribution in [0.1, 0.15) is 35.0 Å². The van der Waals surface area contributed by atoms with E-state index in [1.807, 2.05) is 23.1 Å². The third-order valence-corrected chi connectivity index (χ3v) is 5.53. The molecule has 0 spiro atoms. The molecule has 3 rings (SSSR count). The van der Waals surface area contributed by atoms with E-state index < -0.39 is 0 Å². The first-order valence-electron chi connectivity index (χ1n) is 6.29. The molecule has 2 unspecified atom stereocenters. The van der Waals surface area contributed by atoms with Crippen LogP contribution < -0.4 is 5.32 Å². The van der Waals surface area contributed by atoms with Crippen molar-refractivity contribution in [2.75, 3.05) is 5.75 Å². The van der Waals surface area contributed by atoms with Gasteiger partial charge in [0.25, 0.3) is 0 Å². The molecule has 1 nitrogen and oxygen atoms in total. The Balaban J connectivity index is 1.78. The smallest absolute Gasteiger partial charge is 0.0420 e. The molecule has 0 fully saturated rings. The van der Waals surface area contributed by atoms with Gasteiger partial charge in [-0.2, -0.15) is 11.8 Å². The van der Waals surface area contributed by atoms with E-state index in [-0.39, 0.29) is 0 Å². The van der Waals surface area contributed by atoms with Gasteiger partial charge in [-0.05, 0) is 29.5 Å². The fourth-order valence-corrected chi connectivity index (χ4v) is 4.30. The van der Waals surface area contributed by atoms with Gasteiger partial charge in [0, 0.05) is 28.5 Å². The van der Waals surface area contributed by atoms with Crippen LogP contribution in [-0.2, 0) is 5.75 Å². The predicted molar refractivity (Wildman–Crippen MR) is 81.2 cm³/mol. The monoisotopic (exact) mass is 275 g/mol. The summed E-state index contributed by atoms with van der Waals surface area (Å²) in [6.07, 6.45) is 0. The van der Waals surface area contributed by atoms with Crippen LogP contribution in [0.4, 0.5) is 0 Å². The summed E-state index contributed by atoms with van der Waals surface area (Å²) >= 11 is 3.86. The lowest BCUT2D eigenvalue weighted by molar-refractivity contribution is 0.501. The van der Waals surface area contributed by atoms with Crippen LogP contribution in [0.25, 0.3) is 0 Å². The predicted octanol–water partition coefficient (Wildman–Crippen LogP) is 4.39. The topological polar surface area (TPSA) is 12.0 Å². The van der Waals surface area contributed by atoms with Crippen molar-refractivity contribution in [2.45, 2.75) is 24.8 Å². The molecular weight excluding hydrogens is 258 g/mol. The number of fused-ring (bicyclic) bond motifs is 1. The lowest BCUT2D eigenvalue weighted by Gasteiger charge is -2.28. The van der Waals surface area contributed by atoms with Crippen LogP contribution in [0.2, 0.25) is 0 Å². The van der Waals surface area contributed by atoms with E-state index in [9.17, 15) is 0 Å². The average Bonchev–Trinajstić information content (AvgIpc) is 2.93. The number of benzene rings is 1. The average molecular weight is 275 g/mol. The minimum absolute atomic E-state index is 0.432. The highest BCUT2D eigenvalue weighted by Gasteiger charge is 2.21. The third kappa shape index (κ3) is 2.48. The van der Waals surface area contributed by atoms with Gasteiger partial charge < -0.3 is 5.32 Å². The van der Waals surface area contributed by atoms with Crippen molar-refractivity contribution in [1.29, 1.82) is 0 Å². The van der Waals surface area contributed by atoms with E-state index in [0.29, 0.717) is 12.1 Å². The van der Waals surface area contributed by atoms with Gasteiger partial charge in [0.15, 0.2) is 0 Å². The summed E-state index contributed by atoms with van der Waals surface area (Å²) in [5, 5.41) is 5.92. The summed E-state index contributed by atoms with van der Waals surface area (Å²) in [5.41, 5.74) is 2.98. The first-order chi connectivity index (χ1) is 8.84. The largest absolute Gasteiger partial charge is 0.302 e. The van der Waals surface area contributed by atoms with Crippen LogP contribution in [-0.4, -0.2) is 5.75 Å². The quantitative estimate of drug-likeness (QED) is 0.891. The number of hydrogen-bond acceptors (Lipinski definition) is 3. The van der Waals surface area contributed by atoms with Crippen molar-refractivity contribution < 1.29 is 0 Å². The van der Waals surface area contributed by atoms with Gasteiger partial charge in [-0.3, -0.25) is 0 Å². The molecule has 3 heteroatoms. The van der Waals surface area contributed by atoms with Crippen LogP contribution in [0, 0.1) is 0 Å². The highest BCUT2D eigenvalue weighted by molar-refractivity contribution is 7.98. The Kier molecular flexibility index (Phi) is 3.73. The Morgan fingerprint density at radius 3 is 2.94 bits per heavy atom. The Morgan fingerprint density at radius 1 is 1.22 bits per heavy atom. The van der Waals surface area contributed by atoms with Crippen molar-refractivity contribution in [3.63, 3.8) is 0 Å². The second-order valence-electron chi connectivity index (χ2n) is 4.67. The van der Waals surface area contributed by atoms with Crippen molar-refractivity contribution in [1.82, 2.24) is 5.32 Å². The van der Waals surface area contributed by atoms with E-state index in [2.05, 4.69) is 54.0 Å². The van der Waals surface area contributed by atoms with Gasteiger partial charge in [-0.15, -0.1) is 11.3 Å². The van der Waals surface area contributed by atoms with Gasteiger partial charge in [0.2, 0.25) is 0 Å². The minimum atomic E-state index is 0.432. The van der Waals surface area contributed by atoms with Crippen molar-refractivity contribution in [2.24, 2.45) is 0 Å². The number of rotatable bonds is 3. The molecule has 18 heavy (non-hydrogen) atoms. The molecule has 2 heterocycles. The fourth-order valence-electron chi connectivity index (χ4n) is 2.44. The number of thiophene rings is 1. The molecule has 2 atom stereocenters. The minimum Gasteiger partial charge on any atom is -0.302 e. The maximum atomic E-state index is 3.77. The molecular formula is C15H17NS2. The van der Waals surface area contributed by atoms with Crippen molar-refractivity contribution >= 4 is 23.1 Å². The van der Waals surface area contributed by atoms with E-state index in [1.54, 1.807) is 0 Å². The molecule has 1 aliphatic heterocycles. The standard InChI is InChI=1S/C15H17NS2/c1-11(15-7-4-8-18-15)16-14-10-17-9-12-5-2-3-6-13(12)14/h2-8,11,14,16H,9-10H2,1H3. The molecule has 0 radical (unpaired) electrons. The molecule has 1 N–H and O–H groups in total. The molecule has 2 aromatic rings. The van der Waals surface area contributed by atoms with Crippen molar-refractivity contribution in [3.05, 3.63) is 57.8 Å². The van der Waals surface area contributed by atoms with Gasteiger partial charge in [-0.1, -0.05) is 30.3 Å². The zero-order valence-electron chi connectivity index (χ0n) is 10.4. The zero-order valence-corrected chi connectivity index (χ0v) is 12.1. The maximum Gasteiger partial charge on any atom is 0.0420 e. The van der Waals surface area contributed by atoms with E-state index in [4.69, 9.17) is 0 Å². The van der Waals surface area contributed by atoms with E-state index in [0.717, 1.165) is 5.75 Å². The summed E-state index contributed by atoms with van der Waals surface area (Å²) in [6.45, 7) is 2.26. The van der Waals surface area contributed by atoms with Gasteiger partial charge in [0.1, 0.15) is 0 Å². The van der Waals surface area contributed by atoms with Gasteiger partial charge in [-0.25, -0.2) is 0 Å². The van der Waals surface area contributed by atoms with E-state index >= 15 is 0 Å². The first-order valence-corrected chi connectivity index (χ1v) is 8.33. The molecule has 1 aromatic heterocycles. The number of nitrogens with one attached hydrogen (secondary N) is 1. The summed E-state index contributed by atoms with van der Waals surface area (Å²) in [4.78, 5) is 1.42. The fraction of sp³-hybridized carbons (Fsp3) is 0.333. The second kappa shape index (κ2) is 5.47. The number of hydrogen-bond donors (Lipinski definition) is 1. The summed E-state index contributed by atoms with van der Waals surface area (Å²) in [7, 11) is 0. The Labute approximate surface area is 117 Å². The number of thioether (sulfide) groups is 1. The van der Waals surface area contributed by atoms with E-state index in [1.165, 1.54) is 21.8 Å². The molecule has 0 aliphatic carbocycles. The summed E-state index contributed by atoms with van der Waals surface area (Å²) < 4.78 is 0. The molecule has 0 saturated carbocycles. The van der Waals surface area contributed by atoms with Gasteiger partial charge >= 0.3 is 0 Å². The lowest BCUT2D eigenvalue weighted by Crippen LogP contribution is -2.28. The van der Waals surface area contributed by atoms with Crippen LogP contribution in [0.3, 0.4) is 0 Å².